The molecule has 0 bridgehead atoms. The number of aliphatic imine (C=N–C) groups is 1. The fourth-order valence-corrected chi connectivity index (χ4v) is 2.69. The lowest BCUT2D eigenvalue weighted by atomic mass is 10.1. The molecular weight excluding hydrogens is 450 g/mol. The van der Waals surface area contributed by atoms with Gasteiger partial charge in [0, 0.05) is 37.9 Å². The quantitative estimate of drug-likeness (QED) is 0.347. The third kappa shape index (κ3) is 6.93. The lowest BCUT2D eigenvalue weighted by Crippen LogP contribution is -2.50. The molecule has 1 unspecified atom stereocenters. The monoisotopic (exact) mass is 478 g/mol. The Bertz CT molecular complexity index is 634. The fourth-order valence-electron chi connectivity index (χ4n) is 2.69. The van der Waals surface area contributed by atoms with Crippen LogP contribution in [0.2, 0.25) is 0 Å². The number of guanidine groups is 1. The molecule has 1 atom stereocenters. The third-order valence-corrected chi connectivity index (χ3v) is 3.72. The van der Waals surface area contributed by atoms with Crippen molar-refractivity contribution < 1.29 is 9.18 Å². The van der Waals surface area contributed by atoms with Gasteiger partial charge in [0.25, 0.3) is 0 Å². The molecule has 146 valence electrons. The fraction of sp³-hybridized carbons (Fsp3) is 0.588. The molecule has 26 heavy (non-hydrogen) atoms. The van der Waals surface area contributed by atoms with Gasteiger partial charge in [-0.1, -0.05) is 0 Å². The molecular formula is C17H28FIN6O. The van der Waals surface area contributed by atoms with Crippen LogP contribution in [0.25, 0.3) is 0 Å². The van der Waals surface area contributed by atoms with Gasteiger partial charge in [0.2, 0.25) is 5.91 Å². The van der Waals surface area contributed by atoms with Crippen molar-refractivity contribution in [2.45, 2.75) is 38.8 Å². The number of amides is 1. The van der Waals surface area contributed by atoms with Crippen molar-refractivity contribution in [3.63, 3.8) is 0 Å². The maximum atomic E-state index is 13.8. The lowest BCUT2D eigenvalue weighted by molar-refractivity contribution is -0.121. The van der Waals surface area contributed by atoms with Crippen LogP contribution >= 0.6 is 24.0 Å². The first-order chi connectivity index (χ1) is 11.8. The first-order valence-corrected chi connectivity index (χ1v) is 8.42. The Hall–Kier alpha value is -1.65. The second kappa shape index (κ2) is 9.89. The molecule has 1 aliphatic rings. The molecule has 1 saturated heterocycles. The van der Waals surface area contributed by atoms with E-state index in [9.17, 15) is 9.18 Å². The van der Waals surface area contributed by atoms with E-state index in [0.29, 0.717) is 24.9 Å². The molecule has 1 fully saturated rings. The molecule has 1 aliphatic heterocycles. The van der Waals surface area contributed by atoms with E-state index in [-0.39, 0.29) is 53.8 Å². The highest BCUT2D eigenvalue weighted by molar-refractivity contribution is 14.0. The van der Waals surface area contributed by atoms with Crippen molar-refractivity contribution in [2.75, 3.05) is 31.6 Å². The highest BCUT2D eigenvalue weighted by atomic mass is 127. The zero-order chi connectivity index (χ0) is 18.4. The summed E-state index contributed by atoms with van der Waals surface area (Å²) in [6.07, 6.45) is 2.43. The lowest BCUT2D eigenvalue weighted by Gasteiger charge is -2.22. The average molecular weight is 478 g/mol. The summed E-state index contributed by atoms with van der Waals surface area (Å²) in [4.78, 5) is 22.0. The normalized spacial score (nSPS) is 17.5. The largest absolute Gasteiger partial charge is 0.352 e. The molecule has 7 nitrogen and oxygen atoms in total. The van der Waals surface area contributed by atoms with Crippen LogP contribution in [0.3, 0.4) is 0 Å². The predicted octanol–water partition coefficient (Wildman–Crippen LogP) is 1.50. The molecule has 0 radical (unpaired) electrons. The van der Waals surface area contributed by atoms with Gasteiger partial charge in [0.1, 0.15) is 0 Å². The number of halogens is 2. The van der Waals surface area contributed by atoms with Crippen molar-refractivity contribution in [3.05, 3.63) is 24.1 Å². The molecule has 1 aromatic heterocycles. The van der Waals surface area contributed by atoms with Gasteiger partial charge in [-0.25, -0.2) is 9.37 Å². The molecule has 0 saturated carbocycles. The van der Waals surface area contributed by atoms with E-state index in [1.165, 1.54) is 6.07 Å². The number of carbonyl (C=O) groups is 1. The van der Waals surface area contributed by atoms with Crippen LogP contribution in [0.1, 0.15) is 27.2 Å². The van der Waals surface area contributed by atoms with Gasteiger partial charge >= 0.3 is 0 Å². The molecule has 2 heterocycles. The summed E-state index contributed by atoms with van der Waals surface area (Å²) in [6, 6.07) is 3.11. The van der Waals surface area contributed by atoms with E-state index in [2.05, 4.69) is 25.9 Å². The second-order valence-electron chi connectivity index (χ2n) is 7.11. The summed E-state index contributed by atoms with van der Waals surface area (Å²) in [7, 11) is 1.65. The summed E-state index contributed by atoms with van der Waals surface area (Å²) in [5.74, 6) is 0.514. The number of nitrogens with one attached hydrogen (secondary N) is 3. The molecule has 0 aromatic carbocycles. The van der Waals surface area contributed by atoms with E-state index in [1.54, 1.807) is 19.3 Å². The number of pyridine rings is 1. The Morgan fingerprint density at radius 2 is 2.19 bits per heavy atom. The molecule has 3 N–H and O–H groups in total. The number of anilines is 1. The van der Waals surface area contributed by atoms with Crippen LogP contribution in [-0.4, -0.2) is 55.1 Å². The number of carbonyl (C=O) groups excluding carboxylic acids is 1. The molecule has 0 spiro atoms. The smallest absolute Gasteiger partial charge is 0.239 e. The summed E-state index contributed by atoms with van der Waals surface area (Å²) >= 11 is 0. The maximum Gasteiger partial charge on any atom is 0.239 e. The maximum absolute atomic E-state index is 13.8. The first-order valence-electron chi connectivity index (χ1n) is 8.42. The predicted molar refractivity (Wildman–Crippen MR) is 113 cm³/mol. The summed E-state index contributed by atoms with van der Waals surface area (Å²) in [6.45, 7) is 7.28. The molecule has 9 heteroatoms. The Kier molecular flexibility index (Phi) is 8.51. The van der Waals surface area contributed by atoms with Gasteiger partial charge in [0.15, 0.2) is 17.6 Å². The third-order valence-electron chi connectivity index (χ3n) is 3.72. The van der Waals surface area contributed by atoms with Gasteiger partial charge in [-0.3, -0.25) is 9.79 Å². The van der Waals surface area contributed by atoms with Gasteiger partial charge < -0.3 is 20.9 Å². The molecule has 0 aliphatic carbocycles. The van der Waals surface area contributed by atoms with Crippen molar-refractivity contribution in [1.82, 2.24) is 20.9 Å². The van der Waals surface area contributed by atoms with Crippen LogP contribution in [-0.2, 0) is 4.79 Å². The van der Waals surface area contributed by atoms with E-state index in [0.717, 1.165) is 6.42 Å². The zero-order valence-corrected chi connectivity index (χ0v) is 18.0. The summed E-state index contributed by atoms with van der Waals surface area (Å²) in [5.41, 5.74) is -0.269. The minimum atomic E-state index is -0.315. The standard InChI is InChI=1S/C17H27FN6O.HI/c1-17(2,3)23-14(25)10-21-16(19-4)22-12-7-9-24(11-12)15-13(18)6-5-8-20-15;/h5-6,8,12H,7,9-11H2,1-4H3,(H,23,25)(H2,19,21,22);1H. The van der Waals surface area contributed by atoms with Gasteiger partial charge in [-0.2, -0.15) is 0 Å². The summed E-state index contributed by atoms with van der Waals surface area (Å²) < 4.78 is 13.8. The summed E-state index contributed by atoms with van der Waals surface area (Å²) in [5, 5.41) is 9.16. The molecule has 1 aromatic rings. The second-order valence-corrected chi connectivity index (χ2v) is 7.11. The number of nitrogens with zero attached hydrogens (tertiary/aromatic N) is 3. The van der Waals surface area contributed by atoms with Crippen LogP contribution in [0.5, 0.6) is 0 Å². The number of aromatic nitrogens is 1. The van der Waals surface area contributed by atoms with E-state index in [1.807, 2.05) is 25.7 Å². The minimum Gasteiger partial charge on any atom is -0.352 e. The zero-order valence-electron chi connectivity index (χ0n) is 15.7. The van der Waals surface area contributed by atoms with Crippen LogP contribution in [0.15, 0.2) is 23.3 Å². The Labute approximate surface area is 171 Å². The average Bonchev–Trinajstić information content (AvgIpc) is 2.98. The van der Waals surface area contributed by atoms with Gasteiger partial charge in [-0.15, -0.1) is 24.0 Å². The van der Waals surface area contributed by atoms with Crippen LogP contribution in [0, 0.1) is 5.82 Å². The van der Waals surface area contributed by atoms with Crippen LogP contribution < -0.4 is 20.9 Å². The SMILES string of the molecule is CN=C(NCC(=O)NC(C)(C)C)NC1CCN(c2ncccc2F)C1.I. The number of hydrogen-bond donors (Lipinski definition) is 3. The van der Waals surface area contributed by atoms with Crippen LogP contribution in [0.4, 0.5) is 10.2 Å². The Balaban J connectivity index is 0.00000338. The highest BCUT2D eigenvalue weighted by Crippen LogP contribution is 2.20. The topological polar surface area (TPSA) is 81.6 Å². The van der Waals surface area contributed by atoms with E-state index in [4.69, 9.17) is 0 Å². The van der Waals surface area contributed by atoms with Gasteiger partial charge in [-0.05, 0) is 39.3 Å². The highest BCUT2D eigenvalue weighted by Gasteiger charge is 2.26. The van der Waals surface area contributed by atoms with E-state index < -0.39 is 0 Å². The van der Waals surface area contributed by atoms with Gasteiger partial charge in [0.05, 0.1) is 6.54 Å². The minimum absolute atomic E-state index is 0. The van der Waals surface area contributed by atoms with Crippen molar-refractivity contribution in [2.24, 2.45) is 4.99 Å². The molecule has 2 rings (SSSR count). The Morgan fingerprint density at radius 1 is 1.46 bits per heavy atom. The first kappa shape index (κ1) is 22.4. The number of rotatable bonds is 4. The van der Waals surface area contributed by atoms with Crippen molar-refractivity contribution in [1.29, 1.82) is 0 Å². The molecule has 1 amide bonds. The van der Waals surface area contributed by atoms with Crippen molar-refractivity contribution in [3.8, 4) is 0 Å². The Morgan fingerprint density at radius 3 is 2.81 bits per heavy atom. The van der Waals surface area contributed by atoms with Crippen molar-refractivity contribution >= 4 is 41.7 Å². The number of hydrogen-bond acceptors (Lipinski definition) is 4. The van der Waals surface area contributed by atoms with E-state index >= 15 is 0 Å².